The molecule has 0 radical (unpaired) electrons. The van der Waals surface area contributed by atoms with Crippen LogP contribution in [0.15, 0.2) is 18.6 Å². The molecule has 0 aromatic carbocycles. The maximum atomic E-state index is 12.7. The Morgan fingerprint density at radius 3 is 3.04 bits per heavy atom. The number of carbonyl (C=O) groups is 1. The van der Waals surface area contributed by atoms with Gasteiger partial charge in [0, 0.05) is 35.9 Å². The predicted molar refractivity (Wildman–Crippen MR) is 105 cm³/mol. The van der Waals surface area contributed by atoms with Crippen LogP contribution in [0.25, 0.3) is 0 Å². The molecule has 2 aliphatic rings. The van der Waals surface area contributed by atoms with Gasteiger partial charge in [0.25, 0.3) is 5.91 Å². The molecule has 6 heteroatoms. The highest BCUT2D eigenvalue weighted by atomic mass is 32.1. The first kappa shape index (κ1) is 17.7. The number of aromatic nitrogens is 2. The van der Waals surface area contributed by atoms with Crippen molar-refractivity contribution in [2.75, 3.05) is 13.1 Å². The zero-order valence-electron chi connectivity index (χ0n) is 15.3. The van der Waals surface area contributed by atoms with Gasteiger partial charge in [0.05, 0.1) is 11.2 Å². The van der Waals surface area contributed by atoms with Crippen LogP contribution in [0, 0.1) is 0 Å². The number of hydrogen-bond acceptors (Lipinski definition) is 4. The van der Waals surface area contributed by atoms with Crippen molar-refractivity contribution in [3.05, 3.63) is 39.6 Å². The van der Waals surface area contributed by atoms with E-state index in [0.717, 1.165) is 62.3 Å². The lowest BCUT2D eigenvalue weighted by molar-refractivity contribution is 0.0937. The summed E-state index contributed by atoms with van der Waals surface area (Å²) in [6, 6.07) is 2.44. The number of nitrogens with one attached hydrogen (secondary N) is 2. The lowest BCUT2D eigenvalue weighted by Crippen LogP contribution is -2.35. The number of hydrogen-bond donors (Lipinski definition) is 2. The molecule has 26 heavy (non-hydrogen) atoms. The summed E-state index contributed by atoms with van der Waals surface area (Å²) < 4.78 is 0. The third-order valence-electron chi connectivity index (χ3n) is 5.58. The normalized spacial score (nSPS) is 21.6. The number of thiophene rings is 1. The fraction of sp³-hybridized carbons (Fsp3) is 0.600. The van der Waals surface area contributed by atoms with Crippen molar-refractivity contribution in [3.8, 4) is 0 Å². The van der Waals surface area contributed by atoms with Gasteiger partial charge in [-0.2, -0.15) is 0 Å². The van der Waals surface area contributed by atoms with Gasteiger partial charge in [-0.05, 0) is 63.1 Å². The van der Waals surface area contributed by atoms with E-state index in [-0.39, 0.29) is 11.9 Å². The molecule has 2 aromatic rings. The third-order valence-corrected chi connectivity index (χ3v) is 6.81. The highest BCUT2D eigenvalue weighted by molar-refractivity contribution is 7.14. The fourth-order valence-corrected chi connectivity index (χ4v) is 5.26. The van der Waals surface area contributed by atoms with Crippen LogP contribution in [0.1, 0.15) is 64.3 Å². The summed E-state index contributed by atoms with van der Waals surface area (Å²) in [7, 11) is 0. The summed E-state index contributed by atoms with van der Waals surface area (Å²) in [5.41, 5.74) is 2.58. The standard InChI is InChI=1S/C20H28N4OS/c25-20(19-11-15-5-2-1-3-7-18(15)26-19)23-16-6-4-9-24(10-8-16)13-17-12-21-14-22-17/h11-12,14,16H,1-10,13H2,(H,21,22)(H,23,25)/t16-/m0/s1. The zero-order chi connectivity index (χ0) is 17.8. The van der Waals surface area contributed by atoms with Gasteiger partial charge in [0.2, 0.25) is 0 Å². The Morgan fingerprint density at radius 1 is 1.23 bits per heavy atom. The molecule has 1 saturated heterocycles. The molecule has 2 aromatic heterocycles. The Hall–Kier alpha value is -1.66. The number of rotatable bonds is 4. The van der Waals surface area contributed by atoms with Gasteiger partial charge in [-0.1, -0.05) is 6.42 Å². The van der Waals surface area contributed by atoms with Crippen molar-refractivity contribution in [3.63, 3.8) is 0 Å². The zero-order valence-corrected chi connectivity index (χ0v) is 16.1. The molecular weight excluding hydrogens is 344 g/mol. The first-order valence-corrected chi connectivity index (χ1v) is 10.7. The minimum atomic E-state index is 0.134. The molecule has 0 saturated carbocycles. The van der Waals surface area contributed by atoms with Gasteiger partial charge in [0.1, 0.15) is 0 Å². The molecule has 0 spiro atoms. The monoisotopic (exact) mass is 372 g/mol. The van der Waals surface area contributed by atoms with E-state index in [2.05, 4.69) is 26.3 Å². The molecule has 1 aliphatic carbocycles. The maximum Gasteiger partial charge on any atom is 0.261 e. The SMILES string of the molecule is O=C(N[C@H]1CCCN(Cc2cnc[nH]2)CC1)c1cc2c(s1)CCCCC2. The average molecular weight is 373 g/mol. The molecule has 1 fully saturated rings. The van der Waals surface area contributed by atoms with E-state index in [9.17, 15) is 4.79 Å². The topological polar surface area (TPSA) is 61.0 Å². The highest BCUT2D eigenvalue weighted by Crippen LogP contribution is 2.29. The third kappa shape index (κ3) is 4.35. The van der Waals surface area contributed by atoms with E-state index in [0.29, 0.717) is 0 Å². The Bertz CT molecular complexity index is 701. The number of likely N-dealkylation sites (tertiary alicyclic amines) is 1. The number of H-pyrrole nitrogens is 1. The largest absolute Gasteiger partial charge is 0.349 e. The molecule has 2 N–H and O–H groups in total. The molecule has 3 heterocycles. The summed E-state index contributed by atoms with van der Waals surface area (Å²) in [5.74, 6) is 0.134. The summed E-state index contributed by atoms with van der Waals surface area (Å²) in [5, 5.41) is 3.30. The molecule has 140 valence electrons. The number of aromatic amines is 1. The van der Waals surface area contributed by atoms with Crippen molar-refractivity contribution in [2.24, 2.45) is 0 Å². The van der Waals surface area contributed by atoms with Crippen LogP contribution in [0.4, 0.5) is 0 Å². The lowest BCUT2D eigenvalue weighted by Gasteiger charge is -2.19. The van der Waals surface area contributed by atoms with Crippen molar-refractivity contribution in [2.45, 2.75) is 64.0 Å². The van der Waals surface area contributed by atoms with Gasteiger partial charge in [-0.3, -0.25) is 9.69 Å². The number of fused-ring (bicyclic) bond motifs is 1. The van der Waals surface area contributed by atoms with E-state index < -0.39 is 0 Å². The van der Waals surface area contributed by atoms with Crippen LogP contribution >= 0.6 is 11.3 Å². The van der Waals surface area contributed by atoms with Gasteiger partial charge in [-0.15, -0.1) is 11.3 Å². The van der Waals surface area contributed by atoms with E-state index in [1.165, 1.54) is 29.7 Å². The first-order chi connectivity index (χ1) is 12.8. The van der Waals surface area contributed by atoms with Crippen LogP contribution in [-0.2, 0) is 19.4 Å². The quantitative estimate of drug-likeness (QED) is 0.807. The second-order valence-corrected chi connectivity index (χ2v) is 8.71. The maximum absolute atomic E-state index is 12.7. The molecule has 1 amide bonds. The van der Waals surface area contributed by atoms with Crippen LogP contribution < -0.4 is 5.32 Å². The van der Waals surface area contributed by atoms with Gasteiger partial charge >= 0.3 is 0 Å². The van der Waals surface area contributed by atoms with E-state index in [1.54, 1.807) is 17.7 Å². The number of carbonyl (C=O) groups excluding carboxylic acids is 1. The number of nitrogens with zero attached hydrogens (tertiary/aromatic N) is 2. The Kier molecular flexibility index (Phi) is 5.70. The second-order valence-electron chi connectivity index (χ2n) is 7.57. The van der Waals surface area contributed by atoms with Crippen molar-refractivity contribution < 1.29 is 4.79 Å². The Labute approximate surface area is 159 Å². The number of aryl methyl sites for hydroxylation is 2. The minimum absolute atomic E-state index is 0.134. The molecule has 4 rings (SSSR count). The molecule has 1 atom stereocenters. The van der Waals surface area contributed by atoms with Crippen molar-refractivity contribution in [1.82, 2.24) is 20.2 Å². The van der Waals surface area contributed by atoms with Gasteiger partial charge in [-0.25, -0.2) is 4.98 Å². The smallest absolute Gasteiger partial charge is 0.261 e. The van der Waals surface area contributed by atoms with Crippen LogP contribution in [0.2, 0.25) is 0 Å². The summed E-state index contributed by atoms with van der Waals surface area (Å²) in [6.07, 6.45) is 13.0. The van der Waals surface area contributed by atoms with Crippen LogP contribution in [0.3, 0.4) is 0 Å². The summed E-state index contributed by atoms with van der Waals surface area (Å²) in [6.45, 7) is 3.02. The Balaban J connectivity index is 1.32. The lowest BCUT2D eigenvalue weighted by atomic mass is 10.1. The van der Waals surface area contributed by atoms with Crippen LogP contribution in [0.5, 0.6) is 0 Å². The molecular formula is C20H28N4OS. The molecule has 1 aliphatic heterocycles. The minimum Gasteiger partial charge on any atom is -0.349 e. The fourth-order valence-electron chi connectivity index (χ4n) is 4.11. The van der Waals surface area contributed by atoms with Crippen LogP contribution in [-0.4, -0.2) is 39.9 Å². The van der Waals surface area contributed by atoms with E-state index in [1.807, 2.05) is 6.20 Å². The highest BCUT2D eigenvalue weighted by Gasteiger charge is 2.22. The summed E-state index contributed by atoms with van der Waals surface area (Å²) >= 11 is 1.72. The summed E-state index contributed by atoms with van der Waals surface area (Å²) in [4.78, 5) is 24.8. The first-order valence-electron chi connectivity index (χ1n) is 9.90. The van der Waals surface area contributed by atoms with Gasteiger partial charge < -0.3 is 10.3 Å². The predicted octanol–water partition coefficient (Wildman–Crippen LogP) is 3.52. The second kappa shape index (κ2) is 8.35. The number of imidazole rings is 1. The van der Waals surface area contributed by atoms with E-state index in [4.69, 9.17) is 0 Å². The molecule has 5 nitrogen and oxygen atoms in total. The van der Waals surface area contributed by atoms with E-state index >= 15 is 0 Å². The molecule has 0 unspecified atom stereocenters. The molecule has 0 bridgehead atoms. The Morgan fingerprint density at radius 2 is 2.15 bits per heavy atom. The number of amides is 1. The van der Waals surface area contributed by atoms with Gasteiger partial charge in [0.15, 0.2) is 0 Å². The van der Waals surface area contributed by atoms with Crippen molar-refractivity contribution in [1.29, 1.82) is 0 Å². The van der Waals surface area contributed by atoms with Crippen molar-refractivity contribution >= 4 is 17.2 Å². The average Bonchev–Trinajstić information content (AvgIpc) is 3.17.